The second-order valence-corrected chi connectivity index (χ2v) is 5.98. The molecule has 7 heteroatoms. The molecule has 2 heterocycles. The minimum Gasteiger partial charge on any atom is -0.377 e. The number of nitrogens with one attached hydrogen (secondary N) is 1. The van der Waals surface area contributed by atoms with Gasteiger partial charge in [-0.1, -0.05) is 11.6 Å². The molecule has 0 bridgehead atoms. The second kappa shape index (κ2) is 6.17. The van der Waals surface area contributed by atoms with Crippen molar-refractivity contribution in [3.8, 4) is 0 Å². The summed E-state index contributed by atoms with van der Waals surface area (Å²) in [4.78, 5) is 13.1. The van der Waals surface area contributed by atoms with E-state index < -0.39 is 4.92 Å². The van der Waals surface area contributed by atoms with Crippen molar-refractivity contribution >= 4 is 23.0 Å². The number of hydrogen-bond donors (Lipinski definition) is 1. The number of nitro benzene ring substituents is 1. The topological polar surface area (TPSA) is 67.6 Å². The predicted molar refractivity (Wildman–Crippen MR) is 80.9 cm³/mol. The summed E-state index contributed by atoms with van der Waals surface area (Å²) in [6, 6.07) is 5.09. The average molecular weight is 312 g/mol. The van der Waals surface area contributed by atoms with Gasteiger partial charge in [0.2, 0.25) is 0 Å². The zero-order valence-electron chi connectivity index (χ0n) is 11.6. The molecule has 2 fully saturated rings. The lowest BCUT2D eigenvalue weighted by molar-refractivity contribution is -0.384. The maximum absolute atomic E-state index is 11.0. The highest BCUT2D eigenvalue weighted by Crippen LogP contribution is 2.28. The van der Waals surface area contributed by atoms with Gasteiger partial charge in [0.05, 0.1) is 17.6 Å². The predicted octanol–water partition coefficient (Wildman–Crippen LogP) is 2.52. The first kappa shape index (κ1) is 14.6. The van der Waals surface area contributed by atoms with Crippen LogP contribution in [0.4, 0.5) is 11.4 Å². The molecule has 1 aromatic carbocycles. The summed E-state index contributed by atoms with van der Waals surface area (Å²) >= 11 is 5.91. The molecule has 0 aromatic heterocycles. The van der Waals surface area contributed by atoms with E-state index in [0.717, 1.165) is 19.7 Å². The fourth-order valence-electron chi connectivity index (χ4n) is 3.04. The zero-order valence-corrected chi connectivity index (χ0v) is 12.4. The van der Waals surface area contributed by atoms with Crippen LogP contribution in [-0.2, 0) is 4.74 Å². The van der Waals surface area contributed by atoms with E-state index in [1.807, 2.05) is 0 Å². The monoisotopic (exact) mass is 311 g/mol. The van der Waals surface area contributed by atoms with Crippen molar-refractivity contribution in [3.05, 3.63) is 33.3 Å². The standard InChI is InChI=1S/C14H18ClN3O3/c15-10-3-4-14(18(19)20)13(6-10)16-7-12-8-17-5-1-2-11(17)9-21-12/h3-4,6,11-12,16H,1-2,5,7-9H2. The summed E-state index contributed by atoms with van der Waals surface area (Å²) in [5.74, 6) is 0. The molecule has 1 N–H and O–H groups in total. The van der Waals surface area contributed by atoms with E-state index in [0.29, 0.717) is 23.3 Å². The normalized spacial score (nSPS) is 25.6. The fraction of sp³-hybridized carbons (Fsp3) is 0.571. The molecule has 2 unspecified atom stereocenters. The Morgan fingerprint density at radius 1 is 1.52 bits per heavy atom. The van der Waals surface area contributed by atoms with E-state index >= 15 is 0 Å². The van der Waals surface area contributed by atoms with Crippen molar-refractivity contribution in [3.63, 3.8) is 0 Å². The summed E-state index contributed by atoms with van der Waals surface area (Å²) < 4.78 is 5.84. The molecular formula is C14H18ClN3O3. The van der Waals surface area contributed by atoms with Crippen molar-refractivity contribution in [1.29, 1.82) is 0 Å². The van der Waals surface area contributed by atoms with Crippen LogP contribution in [-0.4, -0.2) is 48.2 Å². The lowest BCUT2D eigenvalue weighted by Gasteiger charge is -2.35. The van der Waals surface area contributed by atoms with Crippen LogP contribution in [0.3, 0.4) is 0 Å². The molecule has 1 aromatic rings. The maximum atomic E-state index is 11.0. The van der Waals surface area contributed by atoms with Gasteiger partial charge in [-0.25, -0.2) is 0 Å². The van der Waals surface area contributed by atoms with Crippen LogP contribution in [0, 0.1) is 10.1 Å². The number of morpholine rings is 1. The van der Waals surface area contributed by atoms with Gasteiger partial charge in [0, 0.05) is 30.2 Å². The Labute approximate surface area is 128 Å². The third kappa shape index (κ3) is 3.28. The fourth-order valence-corrected chi connectivity index (χ4v) is 3.21. The quantitative estimate of drug-likeness (QED) is 0.683. The lowest BCUT2D eigenvalue weighted by Crippen LogP contribution is -2.48. The molecule has 0 amide bonds. The average Bonchev–Trinajstić information content (AvgIpc) is 2.92. The van der Waals surface area contributed by atoms with Crippen molar-refractivity contribution < 1.29 is 9.66 Å². The Morgan fingerprint density at radius 3 is 3.19 bits per heavy atom. The Kier molecular flexibility index (Phi) is 4.28. The largest absolute Gasteiger partial charge is 0.377 e. The highest BCUT2D eigenvalue weighted by Gasteiger charge is 2.32. The SMILES string of the molecule is O=[N+]([O-])c1ccc(Cl)cc1NCC1CN2CCCC2CO1. The van der Waals surface area contributed by atoms with Crippen LogP contribution in [0.15, 0.2) is 18.2 Å². The molecule has 2 aliphatic rings. The summed E-state index contributed by atoms with van der Waals surface area (Å²) in [5, 5.41) is 14.6. The second-order valence-electron chi connectivity index (χ2n) is 5.55. The molecule has 0 radical (unpaired) electrons. The molecular weight excluding hydrogens is 294 g/mol. The Morgan fingerprint density at radius 2 is 2.38 bits per heavy atom. The molecule has 0 saturated carbocycles. The van der Waals surface area contributed by atoms with Crippen LogP contribution in [0.1, 0.15) is 12.8 Å². The minimum absolute atomic E-state index is 0.0364. The summed E-state index contributed by atoms with van der Waals surface area (Å²) in [6.07, 6.45) is 2.49. The maximum Gasteiger partial charge on any atom is 0.292 e. The van der Waals surface area contributed by atoms with Crippen LogP contribution in [0.2, 0.25) is 5.02 Å². The van der Waals surface area contributed by atoms with Gasteiger partial charge in [0.1, 0.15) is 5.69 Å². The first-order valence-corrected chi connectivity index (χ1v) is 7.55. The van der Waals surface area contributed by atoms with E-state index in [9.17, 15) is 10.1 Å². The molecule has 114 valence electrons. The van der Waals surface area contributed by atoms with Gasteiger partial charge in [-0.2, -0.15) is 0 Å². The van der Waals surface area contributed by atoms with Gasteiger partial charge in [-0.3, -0.25) is 15.0 Å². The number of hydrogen-bond acceptors (Lipinski definition) is 5. The van der Waals surface area contributed by atoms with Crippen molar-refractivity contribution in [2.45, 2.75) is 25.0 Å². The smallest absolute Gasteiger partial charge is 0.292 e. The van der Waals surface area contributed by atoms with Gasteiger partial charge in [0.15, 0.2) is 0 Å². The van der Waals surface area contributed by atoms with E-state index in [4.69, 9.17) is 16.3 Å². The number of nitrogens with zero attached hydrogens (tertiary/aromatic N) is 2. The number of nitro groups is 1. The highest BCUT2D eigenvalue weighted by atomic mass is 35.5. The number of rotatable bonds is 4. The van der Waals surface area contributed by atoms with Gasteiger partial charge in [-0.05, 0) is 31.5 Å². The third-order valence-corrected chi connectivity index (χ3v) is 4.37. The lowest BCUT2D eigenvalue weighted by atomic mass is 10.2. The molecule has 2 aliphatic heterocycles. The molecule has 6 nitrogen and oxygen atoms in total. The zero-order chi connectivity index (χ0) is 14.8. The van der Waals surface area contributed by atoms with Crippen molar-refractivity contribution in [2.75, 3.05) is 31.6 Å². The highest BCUT2D eigenvalue weighted by molar-refractivity contribution is 6.31. The van der Waals surface area contributed by atoms with Crippen LogP contribution >= 0.6 is 11.6 Å². The number of benzene rings is 1. The summed E-state index contributed by atoms with van der Waals surface area (Å²) in [5.41, 5.74) is 0.480. The van der Waals surface area contributed by atoms with E-state index in [-0.39, 0.29) is 11.8 Å². The number of ether oxygens (including phenoxy) is 1. The number of anilines is 1. The van der Waals surface area contributed by atoms with Gasteiger partial charge in [0.25, 0.3) is 5.69 Å². The van der Waals surface area contributed by atoms with Crippen LogP contribution in [0.25, 0.3) is 0 Å². The third-order valence-electron chi connectivity index (χ3n) is 4.14. The molecule has 21 heavy (non-hydrogen) atoms. The first-order chi connectivity index (χ1) is 10.1. The summed E-state index contributed by atoms with van der Waals surface area (Å²) in [6.45, 7) is 3.31. The van der Waals surface area contributed by atoms with E-state index in [1.165, 1.54) is 25.0 Å². The van der Waals surface area contributed by atoms with E-state index in [1.54, 1.807) is 6.07 Å². The first-order valence-electron chi connectivity index (χ1n) is 7.17. The Balaban J connectivity index is 1.62. The van der Waals surface area contributed by atoms with Crippen molar-refractivity contribution in [1.82, 2.24) is 4.90 Å². The molecule has 0 aliphatic carbocycles. The Bertz CT molecular complexity index is 540. The van der Waals surface area contributed by atoms with Crippen LogP contribution < -0.4 is 5.32 Å². The van der Waals surface area contributed by atoms with Crippen LogP contribution in [0.5, 0.6) is 0 Å². The van der Waals surface area contributed by atoms with Gasteiger partial charge >= 0.3 is 0 Å². The molecule has 0 spiro atoms. The molecule has 2 atom stereocenters. The minimum atomic E-state index is -0.406. The molecule has 3 rings (SSSR count). The number of fused-ring (bicyclic) bond motifs is 1. The Hall–Kier alpha value is -1.37. The van der Waals surface area contributed by atoms with Gasteiger partial charge in [-0.15, -0.1) is 0 Å². The van der Waals surface area contributed by atoms with Gasteiger partial charge < -0.3 is 10.1 Å². The van der Waals surface area contributed by atoms with Crippen molar-refractivity contribution in [2.24, 2.45) is 0 Å². The number of halogens is 1. The van der Waals surface area contributed by atoms with E-state index in [2.05, 4.69) is 10.2 Å². The molecule has 2 saturated heterocycles. The summed E-state index contributed by atoms with van der Waals surface area (Å²) in [7, 11) is 0.